The first-order chi connectivity index (χ1) is 12.0. The lowest BCUT2D eigenvalue weighted by Crippen LogP contribution is -2.29. The Hall–Kier alpha value is -3.29. The van der Waals surface area contributed by atoms with Crippen molar-refractivity contribution < 1.29 is 4.79 Å². The van der Waals surface area contributed by atoms with E-state index >= 15 is 0 Å². The highest BCUT2D eigenvalue weighted by Crippen LogP contribution is 2.10. The third-order valence-corrected chi connectivity index (χ3v) is 3.69. The first-order valence-corrected chi connectivity index (χ1v) is 7.75. The van der Waals surface area contributed by atoms with E-state index in [9.17, 15) is 9.59 Å². The molecule has 0 saturated carbocycles. The number of hydrogen-bond acceptors (Lipinski definition) is 6. The number of hydrogen-bond donors (Lipinski definition) is 2. The van der Waals surface area contributed by atoms with Crippen LogP contribution in [0.25, 0.3) is 10.9 Å². The number of aryl methyl sites for hydroxylation is 1. The van der Waals surface area contributed by atoms with Gasteiger partial charge < -0.3 is 15.2 Å². The van der Waals surface area contributed by atoms with Gasteiger partial charge in [-0.05, 0) is 25.1 Å². The van der Waals surface area contributed by atoms with Crippen LogP contribution in [0.5, 0.6) is 0 Å². The summed E-state index contributed by atoms with van der Waals surface area (Å²) in [6.45, 7) is 1.96. The van der Waals surface area contributed by atoms with Crippen molar-refractivity contribution in [3.8, 4) is 0 Å². The third kappa shape index (κ3) is 3.47. The number of fused-ring (bicyclic) bond motifs is 1. The van der Waals surface area contributed by atoms with E-state index in [1.165, 1.54) is 4.90 Å². The van der Waals surface area contributed by atoms with Gasteiger partial charge in [0.2, 0.25) is 5.95 Å². The fourth-order valence-electron chi connectivity index (χ4n) is 2.49. The van der Waals surface area contributed by atoms with Crippen LogP contribution in [0, 0.1) is 6.92 Å². The molecule has 0 saturated heterocycles. The number of anilines is 1. The van der Waals surface area contributed by atoms with Gasteiger partial charge in [0.1, 0.15) is 11.5 Å². The van der Waals surface area contributed by atoms with Crippen molar-refractivity contribution in [1.82, 2.24) is 24.8 Å². The van der Waals surface area contributed by atoms with Gasteiger partial charge in [0.15, 0.2) is 0 Å². The zero-order valence-electron chi connectivity index (χ0n) is 14.2. The second-order valence-electron chi connectivity index (χ2n) is 5.66. The molecule has 25 heavy (non-hydrogen) atoms. The molecule has 3 aromatic rings. The number of amides is 1. The Labute approximate surface area is 144 Å². The number of aromatic amines is 1. The Morgan fingerprint density at radius 1 is 1.24 bits per heavy atom. The molecule has 8 heteroatoms. The molecule has 0 aliphatic rings. The summed E-state index contributed by atoms with van der Waals surface area (Å²) in [6, 6.07) is 8.70. The molecular weight excluding hydrogens is 320 g/mol. The summed E-state index contributed by atoms with van der Waals surface area (Å²) in [6.07, 6.45) is 0. The van der Waals surface area contributed by atoms with Gasteiger partial charge in [-0.25, -0.2) is 15.0 Å². The van der Waals surface area contributed by atoms with Gasteiger partial charge in [-0.1, -0.05) is 12.1 Å². The van der Waals surface area contributed by atoms with E-state index in [4.69, 9.17) is 0 Å². The molecule has 1 amide bonds. The van der Waals surface area contributed by atoms with Gasteiger partial charge in [0.25, 0.3) is 11.5 Å². The molecule has 2 heterocycles. The molecule has 0 spiro atoms. The number of rotatable bonds is 4. The van der Waals surface area contributed by atoms with Crippen LogP contribution in [0.2, 0.25) is 0 Å². The molecule has 1 aromatic carbocycles. The number of carbonyl (C=O) groups excluding carboxylic acids is 1. The van der Waals surface area contributed by atoms with Gasteiger partial charge in [-0.3, -0.25) is 9.59 Å². The fourth-order valence-corrected chi connectivity index (χ4v) is 2.49. The second-order valence-corrected chi connectivity index (χ2v) is 5.66. The number of carbonyl (C=O) groups is 1. The molecule has 0 radical (unpaired) electrons. The molecule has 128 valence electrons. The Bertz CT molecular complexity index is 998. The standard InChI is InChI=1S/C17H18N6O2/c1-10-8-13(21-17(18-2)19-10)16(25)23(3)9-14-20-12-7-5-4-6-11(12)15(24)22-14/h4-8H,9H2,1-3H3,(H,18,19,21)(H,20,22,24). The van der Waals surface area contributed by atoms with E-state index in [-0.39, 0.29) is 23.7 Å². The summed E-state index contributed by atoms with van der Waals surface area (Å²) >= 11 is 0. The number of benzene rings is 1. The molecular formula is C17H18N6O2. The van der Waals surface area contributed by atoms with E-state index in [1.807, 2.05) is 6.07 Å². The SMILES string of the molecule is CNc1nc(C)cc(C(=O)N(C)Cc2nc3ccccc3c(=O)[nH]2)n1. The Morgan fingerprint density at radius 2 is 2.00 bits per heavy atom. The smallest absolute Gasteiger partial charge is 0.272 e. The second kappa shape index (κ2) is 6.68. The van der Waals surface area contributed by atoms with Gasteiger partial charge in [-0.15, -0.1) is 0 Å². The quantitative estimate of drug-likeness (QED) is 0.744. The van der Waals surface area contributed by atoms with Crippen molar-refractivity contribution in [1.29, 1.82) is 0 Å². The normalized spacial score (nSPS) is 10.7. The summed E-state index contributed by atoms with van der Waals surface area (Å²) in [5.74, 6) is 0.519. The minimum atomic E-state index is -0.280. The molecule has 0 aliphatic heterocycles. The highest BCUT2D eigenvalue weighted by molar-refractivity contribution is 5.92. The predicted molar refractivity (Wildman–Crippen MR) is 94.5 cm³/mol. The van der Waals surface area contributed by atoms with Crippen LogP contribution in [-0.2, 0) is 6.54 Å². The van der Waals surface area contributed by atoms with Crippen LogP contribution < -0.4 is 10.9 Å². The van der Waals surface area contributed by atoms with Gasteiger partial charge in [0, 0.05) is 19.8 Å². The zero-order valence-corrected chi connectivity index (χ0v) is 14.2. The summed E-state index contributed by atoms with van der Waals surface area (Å²) in [7, 11) is 3.32. The lowest BCUT2D eigenvalue weighted by Gasteiger charge is -2.16. The van der Waals surface area contributed by atoms with Crippen LogP contribution in [0.15, 0.2) is 35.1 Å². The van der Waals surface area contributed by atoms with Crippen molar-refractivity contribution in [3.63, 3.8) is 0 Å². The molecule has 2 N–H and O–H groups in total. The predicted octanol–water partition coefficient (Wildman–Crippen LogP) is 1.34. The molecule has 3 rings (SSSR count). The van der Waals surface area contributed by atoms with Crippen molar-refractivity contribution in [2.24, 2.45) is 0 Å². The van der Waals surface area contributed by atoms with Crippen molar-refractivity contribution in [2.75, 3.05) is 19.4 Å². The summed E-state index contributed by atoms with van der Waals surface area (Å²) in [5, 5.41) is 3.35. The average Bonchev–Trinajstić information content (AvgIpc) is 2.60. The largest absolute Gasteiger partial charge is 0.357 e. The number of aromatic nitrogens is 4. The molecule has 0 fully saturated rings. The van der Waals surface area contributed by atoms with Gasteiger partial charge >= 0.3 is 0 Å². The van der Waals surface area contributed by atoms with Crippen LogP contribution >= 0.6 is 0 Å². The molecule has 0 atom stereocenters. The topological polar surface area (TPSA) is 104 Å². The Balaban J connectivity index is 1.87. The van der Waals surface area contributed by atoms with Gasteiger partial charge in [0.05, 0.1) is 17.4 Å². The molecule has 8 nitrogen and oxygen atoms in total. The number of nitrogens with zero attached hydrogens (tertiary/aromatic N) is 4. The number of nitrogens with one attached hydrogen (secondary N) is 2. The monoisotopic (exact) mass is 338 g/mol. The molecule has 0 bridgehead atoms. The van der Waals surface area contributed by atoms with Crippen molar-refractivity contribution in [3.05, 3.63) is 57.9 Å². The van der Waals surface area contributed by atoms with Crippen LogP contribution in [0.1, 0.15) is 22.0 Å². The highest BCUT2D eigenvalue weighted by atomic mass is 16.2. The minimum absolute atomic E-state index is 0.164. The van der Waals surface area contributed by atoms with E-state index in [2.05, 4.69) is 25.3 Å². The van der Waals surface area contributed by atoms with Crippen molar-refractivity contribution in [2.45, 2.75) is 13.5 Å². The summed E-state index contributed by atoms with van der Waals surface area (Å²) in [5.41, 5.74) is 1.34. The van der Waals surface area contributed by atoms with Crippen LogP contribution in [0.4, 0.5) is 5.95 Å². The highest BCUT2D eigenvalue weighted by Gasteiger charge is 2.16. The average molecular weight is 338 g/mol. The number of H-pyrrole nitrogens is 1. The maximum absolute atomic E-state index is 12.6. The van der Waals surface area contributed by atoms with E-state index in [0.717, 1.165) is 0 Å². The first-order valence-electron chi connectivity index (χ1n) is 7.75. The van der Waals surface area contributed by atoms with Crippen LogP contribution in [0.3, 0.4) is 0 Å². The number of para-hydroxylation sites is 1. The minimum Gasteiger partial charge on any atom is -0.357 e. The molecule has 2 aromatic heterocycles. The van der Waals surface area contributed by atoms with Crippen LogP contribution in [-0.4, -0.2) is 44.8 Å². The molecule has 0 aliphatic carbocycles. The zero-order chi connectivity index (χ0) is 18.0. The van der Waals surface area contributed by atoms with E-state index in [0.29, 0.717) is 28.4 Å². The van der Waals surface area contributed by atoms with Gasteiger partial charge in [-0.2, -0.15) is 0 Å². The van der Waals surface area contributed by atoms with Crippen molar-refractivity contribution >= 4 is 22.8 Å². The lowest BCUT2D eigenvalue weighted by atomic mass is 10.2. The summed E-state index contributed by atoms with van der Waals surface area (Å²) < 4.78 is 0. The van der Waals surface area contributed by atoms with E-state index in [1.54, 1.807) is 45.3 Å². The summed E-state index contributed by atoms with van der Waals surface area (Å²) in [4.78, 5) is 41.7. The Morgan fingerprint density at radius 3 is 2.76 bits per heavy atom. The third-order valence-electron chi connectivity index (χ3n) is 3.69. The maximum Gasteiger partial charge on any atom is 0.272 e. The molecule has 0 unspecified atom stereocenters. The lowest BCUT2D eigenvalue weighted by molar-refractivity contribution is 0.0775. The fraction of sp³-hybridized carbons (Fsp3) is 0.235. The Kier molecular flexibility index (Phi) is 4.42. The van der Waals surface area contributed by atoms with E-state index < -0.39 is 0 Å². The maximum atomic E-state index is 12.6. The first kappa shape index (κ1) is 16.6.